The van der Waals surface area contributed by atoms with Crippen molar-refractivity contribution in [1.29, 1.82) is 5.26 Å². The number of anilines is 1. The van der Waals surface area contributed by atoms with E-state index >= 15 is 0 Å². The molecule has 0 saturated heterocycles. The third-order valence-electron chi connectivity index (χ3n) is 3.47. The summed E-state index contributed by atoms with van der Waals surface area (Å²) in [7, 11) is 0. The first-order chi connectivity index (χ1) is 11.7. The molecule has 0 spiro atoms. The highest BCUT2D eigenvalue weighted by molar-refractivity contribution is 7.12. The summed E-state index contributed by atoms with van der Waals surface area (Å²) >= 11 is 1.42. The normalized spacial score (nSPS) is 11.1. The Kier molecular flexibility index (Phi) is 4.69. The zero-order chi connectivity index (χ0) is 16.9. The number of nitriles is 1. The maximum atomic E-state index is 9.37. The number of hydrogen-bond acceptors (Lipinski definition) is 5. The predicted molar refractivity (Wildman–Crippen MR) is 99.2 cm³/mol. The highest BCUT2D eigenvalue weighted by Gasteiger charge is 2.10. The summed E-state index contributed by atoms with van der Waals surface area (Å²) in [5.41, 5.74) is 8.27. The van der Waals surface area contributed by atoms with Gasteiger partial charge in [-0.15, -0.1) is 11.3 Å². The van der Waals surface area contributed by atoms with Gasteiger partial charge in [0.2, 0.25) is 0 Å². The fourth-order valence-corrected chi connectivity index (χ4v) is 2.96. The van der Waals surface area contributed by atoms with Gasteiger partial charge >= 0.3 is 0 Å². The summed E-state index contributed by atoms with van der Waals surface area (Å²) < 4.78 is 0. The van der Waals surface area contributed by atoms with E-state index in [1.165, 1.54) is 16.9 Å². The van der Waals surface area contributed by atoms with Crippen molar-refractivity contribution >= 4 is 22.7 Å². The van der Waals surface area contributed by atoms with Gasteiger partial charge in [0.25, 0.3) is 0 Å². The van der Waals surface area contributed by atoms with Crippen molar-refractivity contribution in [3.05, 3.63) is 70.0 Å². The Morgan fingerprint density at radius 2 is 1.92 bits per heavy atom. The molecule has 0 radical (unpaired) electrons. The van der Waals surface area contributed by atoms with Crippen molar-refractivity contribution in [3.63, 3.8) is 0 Å². The summed E-state index contributed by atoms with van der Waals surface area (Å²) in [6.07, 6.45) is 0. The molecule has 0 aliphatic heterocycles. The van der Waals surface area contributed by atoms with Crippen LogP contribution in [0.3, 0.4) is 0 Å². The number of nitrogens with one attached hydrogen (secondary N) is 1. The van der Waals surface area contributed by atoms with Crippen LogP contribution in [0.15, 0.2) is 59.0 Å². The van der Waals surface area contributed by atoms with Gasteiger partial charge in [-0.2, -0.15) is 10.4 Å². The van der Waals surface area contributed by atoms with Crippen LogP contribution in [0.25, 0.3) is 11.3 Å². The quantitative estimate of drug-likeness (QED) is 0.553. The summed E-state index contributed by atoms with van der Waals surface area (Å²) in [6.45, 7) is 4.06. The molecular formula is C19H16N4S. The van der Waals surface area contributed by atoms with Gasteiger partial charge in [-0.05, 0) is 31.5 Å². The average molecular weight is 332 g/mol. The minimum atomic E-state index is 0.278. The standard InChI is InChI=1S/C19H16N4S/c1-13-6-8-15(9-7-13)18-12-24-19(21-18)17(11-20)23-22-16-5-3-4-14(2)10-16/h3-10,12,22H,1-2H3. The van der Waals surface area contributed by atoms with E-state index in [2.05, 4.69) is 21.6 Å². The average Bonchev–Trinajstić information content (AvgIpc) is 3.06. The van der Waals surface area contributed by atoms with Crippen LogP contribution in [0.2, 0.25) is 0 Å². The summed E-state index contributed by atoms with van der Waals surface area (Å²) in [5, 5.41) is 16.1. The summed E-state index contributed by atoms with van der Waals surface area (Å²) in [6, 6.07) is 18.1. The molecule has 1 N–H and O–H groups in total. The first kappa shape index (κ1) is 15.9. The zero-order valence-corrected chi connectivity index (χ0v) is 14.3. The summed E-state index contributed by atoms with van der Waals surface area (Å²) in [4.78, 5) is 4.54. The molecule has 0 bridgehead atoms. The number of benzene rings is 2. The van der Waals surface area contributed by atoms with Crippen molar-refractivity contribution < 1.29 is 0 Å². The molecule has 1 heterocycles. The molecule has 0 fully saturated rings. The lowest BCUT2D eigenvalue weighted by Gasteiger charge is -2.01. The second-order valence-corrected chi connectivity index (χ2v) is 6.32. The molecule has 4 nitrogen and oxygen atoms in total. The number of rotatable bonds is 4. The Morgan fingerprint density at radius 3 is 2.62 bits per heavy atom. The van der Waals surface area contributed by atoms with Crippen molar-refractivity contribution in [2.24, 2.45) is 5.10 Å². The van der Waals surface area contributed by atoms with Crippen LogP contribution >= 0.6 is 11.3 Å². The van der Waals surface area contributed by atoms with Crippen LogP contribution in [0.5, 0.6) is 0 Å². The van der Waals surface area contributed by atoms with Gasteiger partial charge in [-0.3, -0.25) is 5.43 Å². The number of aromatic nitrogens is 1. The Hall–Kier alpha value is -2.97. The summed E-state index contributed by atoms with van der Waals surface area (Å²) in [5.74, 6) is 0. The molecular weight excluding hydrogens is 316 g/mol. The van der Waals surface area contributed by atoms with Gasteiger partial charge in [0.15, 0.2) is 10.7 Å². The molecule has 0 aliphatic carbocycles. The fraction of sp³-hybridized carbons (Fsp3) is 0.105. The van der Waals surface area contributed by atoms with Crippen LogP contribution in [-0.2, 0) is 0 Å². The molecule has 24 heavy (non-hydrogen) atoms. The smallest absolute Gasteiger partial charge is 0.196 e. The van der Waals surface area contributed by atoms with Crippen molar-refractivity contribution in [2.75, 3.05) is 5.43 Å². The molecule has 0 unspecified atom stereocenters. The Bertz CT molecular complexity index is 917. The molecule has 0 atom stereocenters. The van der Waals surface area contributed by atoms with E-state index in [-0.39, 0.29) is 5.71 Å². The third kappa shape index (κ3) is 3.67. The molecule has 0 aliphatic rings. The lowest BCUT2D eigenvalue weighted by Crippen LogP contribution is -2.01. The highest BCUT2D eigenvalue weighted by Crippen LogP contribution is 2.22. The first-order valence-corrected chi connectivity index (χ1v) is 8.37. The van der Waals surface area contributed by atoms with E-state index < -0.39 is 0 Å². The maximum absolute atomic E-state index is 9.37. The predicted octanol–water partition coefficient (Wildman–Crippen LogP) is 4.77. The van der Waals surface area contributed by atoms with Crippen LogP contribution in [0.1, 0.15) is 16.1 Å². The Morgan fingerprint density at radius 1 is 1.12 bits per heavy atom. The number of hydrogen-bond donors (Lipinski definition) is 1. The van der Waals surface area contributed by atoms with Crippen LogP contribution < -0.4 is 5.43 Å². The lowest BCUT2D eigenvalue weighted by molar-refractivity contribution is 1.30. The molecule has 0 amide bonds. The van der Waals surface area contributed by atoms with Gasteiger partial charge in [-0.1, -0.05) is 42.0 Å². The van der Waals surface area contributed by atoms with E-state index in [1.807, 2.05) is 67.8 Å². The minimum absolute atomic E-state index is 0.278. The monoisotopic (exact) mass is 332 g/mol. The van der Waals surface area contributed by atoms with E-state index in [0.717, 1.165) is 22.5 Å². The van der Waals surface area contributed by atoms with E-state index in [0.29, 0.717) is 5.01 Å². The van der Waals surface area contributed by atoms with Crippen LogP contribution in [-0.4, -0.2) is 10.7 Å². The molecule has 2 aromatic carbocycles. The molecule has 1 aromatic heterocycles. The van der Waals surface area contributed by atoms with E-state index in [4.69, 9.17) is 0 Å². The minimum Gasteiger partial charge on any atom is -0.277 e. The van der Waals surface area contributed by atoms with Crippen molar-refractivity contribution in [3.8, 4) is 17.3 Å². The van der Waals surface area contributed by atoms with Gasteiger partial charge in [0.05, 0.1) is 11.4 Å². The second-order valence-electron chi connectivity index (χ2n) is 5.46. The van der Waals surface area contributed by atoms with E-state index in [9.17, 15) is 5.26 Å². The second kappa shape index (κ2) is 7.07. The largest absolute Gasteiger partial charge is 0.277 e. The van der Waals surface area contributed by atoms with Crippen molar-refractivity contribution in [2.45, 2.75) is 13.8 Å². The highest BCUT2D eigenvalue weighted by atomic mass is 32.1. The topological polar surface area (TPSA) is 61.1 Å². The maximum Gasteiger partial charge on any atom is 0.196 e. The van der Waals surface area contributed by atoms with Crippen molar-refractivity contribution in [1.82, 2.24) is 4.98 Å². The number of aryl methyl sites for hydroxylation is 2. The first-order valence-electron chi connectivity index (χ1n) is 7.49. The molecule has 118 valence electrons. The van der Waals surface area contributed by atoms with Crippen LogP contribution in [0.4, 0.5) is 5.69 Å². The van der Waals surface area contributed by atoms with Gasteiger partial charge < -0.3 is 0 Å². The third-order valence-corrected chi connectivity index (χ3v) is 4.32. The Balaban J connectivity index is 1.82. The SMILES string of the molecule is Cc1ccc(-c2csc(C(C#N)=NNc3cccc(C)c3)n2)cc1. The lowest BCUT2D eigenvalue weighted by atomic mass is 10.1. The van der Waals surface area contributed by atoms with Gasteiger partial charge in [0, 0.05) is 10.9 Å². The molecule has 5 heteroatoms. The number of thiazole rings is 1. The molecule has 0 saturated carbocycles. The molecule has 3 aromatic rings. The number of hydrazone groups is 1. The number of nitrogens with zero attached hydrogens (tertiary/aromatic N) is 3. The van der Waals surface area contributed by atoms with Gasteiger partial charge in [0.1, 0.15) is 6.07 Å². The van der Waals surface area contributed by atoms with E-state index in [1.54, 1.807) is 0 Å². The van der Waals surface area contributed by atoms with Crippen LogP contribution in [0, 0.1) is 25.2 Å². The molecule has 3 rings (SSSR count). The Labute approximate surface area is 145 Å². The zero-order valence-electron chi connectivity index (χ0n) is 13.4. The van der Waals surface area contributed by atoms with Gasteiger partial charge in [-0.25, -0.2) is 4.98 Å². The fourth-order valence-electron chi connectivity index (χ4n) is 2.20.